The van der Waals surface area contributed by atoms with Gasteiger partial charge in [0.15, 0.2) is 5.96 Å². The van der Waals surface area contributed by atoms with Gasteiger partial charge >= 0.3 is 0 Å². The zero-order chi connectivity index (χ0) is 13.7. The monoisotopic (exact) mass is 260 g/mol. The summed E-state index contributed by atoms with van der Waals surface area (Å²) in [4.78, 5) is 6.87. The second-order valence-electron chi connectivity index (χ2n) is 4.77. The van der Waals surface area contributed by atoms with Crippen LogP contribution in [0.3, 0.4) is 0 Å². The normalized spacial score (nSPS) is 21.5. The van der Waals surface area contributed by atoms with E-state index in [2.05, 4.69) is 39.5 Å². The number of anilines is 1. The quantitative estimate of drug-likeness (QED) is 0.753. The second kappa shape index (κ2) is 6.57. The maximum atomic E-state index is 6.00. The molecule has 4 heteroatoms. The number of benzene rings is 1. The number of nitrogens with one attached hydrogen (secondary N) is 1. The van der Waals surface area contributed by atoms with Gasteiger partial charge in [0.05, 0.1) is 6.54 Å². The summed E-state index contributed by atoms with van der Waals surface area (Å²) in [5.74, 6) is 0.985. The summed E-state index contributed by atoms with van der Waals surface area (Å²) in [6.45, 7) is 6.74. The molecule has 3 rings (SSSR count). The lowest BCUT2D eigenvalue weighted by atomic mass is 10.1. The first kappa shape index (κ1) is 13.9. The molecule has 0 radical (unpaired) electrons. The molecule has 0 amide bonds. The highest BCUT2D eigenvalue weighted by Crippen LogP contribution is 2.21. The molecule has 1 fully saturated rings. The average Bonchev–Trinajstić information content (AvgIpc) is 2.49. The third kappa shape index (κ3) is 3.26. The topological polar surface area (TPSA) is 53.6 Å². The molecular formula is C15H24N4. The molecular weight excluding hydrogens is 236 g/mol. The predicted octanol–water partition coefficient (Wildman–Crippen LogP) is 2.42. The van der Waals surface area contributed by atoms with E-state index in [0.29, 0.717) is 0 Å². The average molecular weight is 260 g/mol. The fourth-order valence-electron chi connectivity index (χ4n) is 2.48. The van der Waals surface area contributed by atoms with Crippen molar-refractivity contribution in [2.45, 2.75) is 39.3 Å². The molecule has 0 spiro atoms. The molecule has 1 unspecified atom stereocenters. The maximum absolute atomic E-state index is 6.00. The summed E-state index contributed by atoms with van der Waals surface area (Å²) in [5.41, 5.74) is 8.44. The van der Waals surface area contributed by atoms with E-state index >= 15 is 0 Å². The van der Waals surface area contributed by atoms with Crippen LogP contribution in [0.5, 0.6) is 0 Å². The van der Waals surface area contributed by atoms with Gasteiger partial charge in [-0.1, -0.05) is 32.0 Å². The van der Waals surface area contributed by atoms with Gasteiger partial charge in [-0.2, -0.15) is 0 Å². The van der Waals surface area contributed by atoms with E-state index in [-0.39, 0.29) is 6.04 Å². The molecule has 2 aliphatic rings. The van der Waals surface area contributed by atoms with Crippen molar-refractivity contribution in [3.8, 4) is 0 Å². The number of piperidine rings is 1. The number of likely N-dealkylation sites (tertiary alicyclic amines) is 1. The van der Waals surface area contributed by atoms with Crippen LogP contribution in [-0.2, 0) is 6.54 Å². The molecule has 2 heterocycles. The zero-order valence-corrected chi connectivity index (χ0v) is 11.9. The van der Waals surface area contributed by atoms with Gasteiger partial charge in [-0.25, -0.2) is 4.99 Å². The number of hydrogen-bond acceptors (Lipinski definition) is 4. The molecule has 2 aliphatic heterocycles. The smallest absolute Gasteiger partial charge is 0.198 e. The summed E-state index contributed by atoms with van der Waals surface area (Å²) < 4.78 is 0. The lowest BCUT2D eigenvalue weighted by Crippen LogP contribution is -2.48. The molecule has 4 nitrogen and oxygen atoms in total. The highest BCUT2D eigenvalue weighted by Gasteiger charge is 2.22. The predicted molar refractivity (Wildman–Crippen MR) is 81.3 cm³/mol. The number of nitrogens with zero attached hydrogens (tertiary/aromatic N) is 2. The van der Waals surface area contributed by atoms with Crippen molar-refractivity contribution >= 4 is 11.6 Å². The van der Waals surface area contributed by atoms with Crippen molar-refractivity contribution < 1.29 is 0 Å². The number of hydrogen-bond donors (Lipinski definition) is 2. The van der Waals surface area contributed by atoms with Crippen LogP contribution < -0.4 is 11.1 Å². The van der Waals surface area contributed by atoms with Crippen LogP contribution in [0.2, 0.25) is 0 Å². The first-order valence-electron chi connectivity index (χ1n) is 7.23. The molecule has 0 saturated carbocycles. The van der Waals surface area contributed by atoms with Crippen LogP contribution in [0.4, 0.5) is 5.69 Å². The van der Waals surface area contributed by atoms with Crippen LogP contribution in [0, 0.1) is 0 Å². The van der Waals surface area contributed by atoms with Gasteiger partial charge in [-0.15, -0.1) is 0 Å². The highest BCUT2D eigenvalue weighted by atomic mass is 15.3. The first-order valence-corrected chi connectivity index (χ1v) is 7.23. The summed E-state index contributed by atoms with van der Waals surface area (Å²) >= 11 is 0. The van der Waals surface area contributed by atoms with Crippen molar-refractivity contribution in [2.24, 2.45) is 10.7 Å². The third-order valence-corrected chi connectivity index (χ3v) is 3.42. The molecule has 0 aromatic heterocycles. The van der Waals surface area contributed by atoms with E-state index in [1.54, 1.807) is 0 Å². The largest absolute Gasteiger partial charge is 0.341 e. The van der Waals surface area contributed by atoms with Crippen molar-refractivity contribution in [1.82, 2.24) is 4.90 Å². The fourth-order valence-corrected chi connectivity index (χ4v) is 2.48. The van der Waals surface area contributed by atoms with Gasteiger partial charge in [0.25, 0.3) is 0 Å². The number of nitrogens with two attached hydrogens (primary N) is 1. The highest BCUT2D eigenvalue weighted by molar-refractivity contribution is 5.95. The van der Waals surface area contributed by atoms with Crippen molar-refractivity contribution in [3.63, 3.8) is 0 Å². The minimum atomic E-state index is 0.283. The molecule has 1 saturated heterocycles. The Morgan fingerprint density at radius 3 is 2.89 bits per heavy atom. The Labute approximate surface area is 115 Å². The minimum absolute atomic E-state index is 0.283. The number of fused-ring (bicyclic) bond motifs is 1. The van der Waals surface area contributed by atoms with Crippen molar-refractivity contribution in [3.05, 3.63) is 29.8 Å². The molecule has 19 heavy (non-hydrogen) atoms. The fraction of sp³-hybridized carbons (Fsp3) is 0.533. The Morgan fingerprint density at radius 1 is 1.32 bits per heavy atom. The van der Waals surface area contributed by atoms with Crippen LogP contribution in [0.25, 0.3) is 0 Å². The van der Waals surface area contributed by atoms with E-state index in [0.717, 1.165) is 38.4 Å². The number of aliphatic imine (C=N–C) groups is 1. The molecule has 104 valence electrons. The lowest BCUT2D eigenvalue weighted by molar-refractivity contribution is 0.307. The second-order valence-corrected chi connectivity index (χ2v) is 4.77. The maximum Gasteiger partial charge on any atom is 0.198 e. The van der Waals surface area contributed by atoms with Crippen molar-refractivity contribution in [2.75, 3.05) is 18.4 Å². The van der Waals surface area contributed by atoms with Gasteiger partial charge in [0.1, 0.15) is 0 Å². The first-order chi connectivity index (χ1) is 9.33. The van der Waals surface area contributed by atoms with E-state index in [1.807, 2.05) is 13.8 Å². The number of rotatable bonds is 0. The van der Waals surface area contributed by atoms with E-state index in [1.165, 1.54) is 11.3 Å². The Balaban J connectivity index is 0.000000637. The standard InChI is InChI=1S/C13H18N4.C2H6/c14-11-5-3-7-17(9-11)13-15-8-10-4-1-2-6-12(10)16-13;1-2/h1-2,4,6,11H,3,5,7-9,14H2,(H,15,16);1-2H3. The van der Waals surface area contributed by atoms with Crippen LogP contribution in [-0.4, -0.2) is 30.0 Å². The summed E-state index contributed by atoms with van der Waals surface area (Å²) in [6, 6.07) is 8.61. The van der Waals surface area contributed by atoms with Gasteiger partial charge in [0.2, 0.25) is 0 Å². The minimum Gasteiger partial charge on any atom is -0.341 e. The van der Waals surface area contributed by atoms with Crippen molar-refractivity contribution in [1.29, 1.82) is 0 Å². The lowest BCUT2D eigenvalue weighted by Gasteiger charge is -2.35. The Morgan fingerprint density at radius 2 is 2.11 bits per heavy atom. The molecule has 0 bridgehead atoms. The van der Waals surface area contributed by atoms with Gasteiger partial charge in [-0.05, 0) is 24.5 Å². The Kier molecular flexibility index (Phi) is 4.80. The van der Waals surface area contributed by atoms with E-state index in [4.69, 9.17) is 5.73 Å². The summed E-state index contributed by atoms with van der Waals surface area (Å²) in [5, 5.41) is 3.41. The molecule has 1 aromatic rings. The van der Waals surface area contributed by atoms with Gasteiger partial charge in [-0.3, -0.25) is 0 Å². The summed E-state index contributed by atoms with van der Waals surface area (Å²) in [7, 11) is 0. The Bertz CT molecular complexity index is 442. The number of para-hydroxylation sites is 1. The number of guanidine groups is 1. The molecule has 3 N–H and O–H groups in total. The van der Waals surface area contributed by atoms with Crippen LogP contribution in [0.15, 0.2) is 29.3 Å². The van der Waals surface area contributed by atoms with Gasteiger partial charge < -0.3 is 16.0 Å². The SMILES string of the molecule is CC.NC1CCCN(C2=NCc3ccccc3N2)C1. The van der Waals surface area contributed by atoms with Crippen LogP contribution >= 0.6 is 0 Å². The third-order valence-electron chi connectivity index (χ3n) is 3.42. The van der Waals surface area contributed by atoms with Crippen LogP contribution in [0.1, 0.15) is 32.3 Å². The Hall–Kier alpha value is -1.55. The molecule has 1 aromatic carbocycles. The van der Waals surface area contributed by atoms with E-state index < -0.39 is 0 Å². The zero-order valence-electron chi connectivity index (χ0n) is 11.9. The van der Waals surface area contributed by atoms with E-state index in [9.17, 15) is 0 Å². The van der Waals surface area contributed by atoms with Gasteiger partial charge in [0, 0.05) is 24.8 Å². The molecule has 1 atom stereocenters. The summed E-state index contributed by atoms with van der Waals surface area (Å²) in [6.07, 6.45) is 2.28. The molecule has 0 aliphatic carbocycles.